The molecule has 0 unspecified atom stereocenters. The third-order valence-corrected chi connectivity index (χ3v) is 2.92. The monoisotopic (exact) mass is 243 g/mol. The molecule has 0 aromatic carbocycles. The highest BCUT2D eigenvalue weighted by Crippen LogP contribution is 2.36. The Kier molecular flexibility index (Phi) is 2.88. The number of aliphatic hydroxyl groups excluding tert-OH is 1. The van der Waals surface area contributed by atoms with Gasteiger partial charge in [-0.25, -0.2) is 9.18 Å². The van der Waals surface area contributed by atoms with E-state index in [1.54, 1.807) is 0 Å². The minimum absolute atomic E-state index is 0.0524. The zero-order valence-corrected chi connectivity index (χ0v) is 9.39. The lowest BCUT2D eigenvalue weighted by Crippen LogP contribution is -2.28. The standard InChI is InChI=1S/C10H14FN3O3/c1-10(4-15)2-7(17-5-10)14-3-6(11)8(12)13-9(14)16/h3,7,15H,2,4-5H2,1H3,(H2,12,13,16)/t7-,10+/m0/s1. The van der Waals surface area contributed by atoms with Crippen LogP contribution in [0.25, 0.3) is 0 Å². The summed E-state index contributed by atoms with van der Waals surface area (Å²) in [4.78, 5) is 14.9. The molecular weight excluding hydrogens is 229 g/mol. The third-order valence-electron chi connectivity index (χ3n) is 2.92. The van der Waals surface area contributed by atoms with Gasteiger partial charge in [-0.05, 0) is 0 Å². The molecule has 2 atom stereocenters. The number of hydrogen-bond acceptors (Lipinski definition) is 5. The van der Waals surface area contributed by atoms with Crippen LogP contribution < -0.4 is 11.4 Å². The minimum Gasteiger partial charge on any atom is -0.396 e. The van der Waals surface area contributed by atoms with Gasteiger partial charge in [0, 0.05) is 11.8 Å². The Balaban J connectivity index is 2.31. The summed E-state index contributed by atoms with van der Waals surface area (Å²) in [6.07, 6.45) is 0.801. The van der Waals surface area contributed by atoms with Gasteiger partial charge < -0.3 is 15.6 Å². The summed E-state index contributed by atoms with van der Waals surface area (Å²) in [5, 5.41) is 9.18. The summed E-state index contributed by atoms with van der Waals surface area (Å²) in [6, 6.07) is 0. The molecule has 17 heavy (non-hydrogen) atoms. The molecule has 1 fully saturated rings. The Bertz CT molecular complexity index is 490. The van der Waals surface area contributed by atoms with E-state index in [0.717, 1.165) is 10.8 Å². The van der Waals surface area contributed by atoms with Gasteiger partial charge in [0.05, 0.1) is 19.4 Å². The molecule has 0 amide bonds. The van der Waals surface area contributed by atoms with Crippen molar-refractivity contribution in [3.05, 3.63) is 22.5 Å². The first-order valence-corrected chi connectivity index (χ1v) is 5.22. The highest BCUT2D eigenvalue weighted by atomic mass is 19.1. The first-order valence-electron chi connectivity index (χ1n) is 5.22. The lowest BCUT2D eigenvalue weighted by atomic mass is 9.90. The van der Waals surface area contributed by atoms with Crippen LogP contribution in [0.3, 0.4) is 0 Å². The van der Waals surface area contributed by atoms with Crippen molar-refractivity contribution in [2.75, 3.05) is 18.9 Å². The third kappa shape index (κ3) is 2.16. The molecule has 3 N–H and O–H groups in total. The summed E-state index contributed by atoms with van der Waals surface area (Å²) in [7, 11) is 0. The average Bonchev–Trinajstić information content (AvgIpc) is 2.67. The lowest BCUT2D eigenvalue weighted by Gasteiger charge is -2.18. The molecule has 7 heteroatoms. The number of nitrogens with two attached hydrogens (primary N) is 1. The number of halogens is 1. The van der Waals surface area contributed by atoms with Crippen molar-refractivity contribution in [2.24, 2.45) is 5.41 Å². The first-order chi connectivity index (χ1) is 7.95. The highest BCUT2D eigenvalue weighted by Gasteiger charge is 2.37. The summed E-state index contributed by atoms with van der Waals surface area (Å²) < 4.78 is 19.7. The Labute approximate surface area is 96.8 Å². The fraction of sp³-hybridized carbons (Fsp3) is 0.600. The molecule has 1 saturated heterocycles. The smallest absolute Gasteiger partial charge is 0.351 e. The van der Waals surface area contributed by atoms with Crippen molar-refractivity contribution >= 4 is 5.82 Å². The molecule has 2 rings (SSSR count). The molecule has 2 heterocycles. The van der Waals surface area contributed by atoms with E-state index in [0.29, 0.717) is 13.0 Å². The second-order valence-corrected chi connectivity index (χ2v) is 4.60. The summed E-state index contributed by atoms with van der Waals surface area (Å²) in [6.45, 7) is 2.09. The molecule has 1 aromatic heterocycles. The predicted molar refractivity (Wildman–Crippen MR) is 57.7 cm³/mol. The largest absolute Gasteiger partial charge is 0.396 e. The van der Waals surface area contributed by atoms with Gasteiger partial charge in [0.15, 0.2) is 11.6 Å². The molecule has 0 bridgehead atoms. The SMILES string of the molecule is C[C@@]1(CO)CO[C@H](n2cc(F)c(N)nc2=O)C1. The van der Waals surface area contributed by atoms with Crippen molar-refractivity contribution in [3.63, 3.8) is 0 Å². The van der Waals surface area contributed by atoms with E-state index in [-0.39, 0.29) is 6.61 Å². The first kappa shape index (κ1) is 12.0. The molecule has 94 valence electrons. The van der Waals surface area contributed by atoms with Crippen molar-refractivity contribution in [1.82, 2.24) is 9.55 Å². The van der Waals surface area contributed by atoms with Crippen LogP contribution >= 0.6 is 0 Å². The van der Waals surface area contributed by atoms with Gasteiger partial charge in [-0.2, -0.15) is 4.98 Å². The van der Waals surface area contributed by atoms with Gasteiger partial charge in [-0.3, -0.25) is 4.57 Å². The number of nitrogen functional groups attached to an aromatic ring is 1. The van der Waals surface area contributed by atoms with Gasteiger partial charge >= 0.3 is 5.69 Å². The van der Waals surface area contributed by atoms with Gasteiger partial charge in [0.25, 0.3) is 0 Å². The van der Waals surface area contributed by atoms with Gasteiger partial charge in [-0.15, -0.1) is 0 Å². The van der Waals surface area contributed by atoms with Crippen LogP contribution in [0.5, 0.6) is 0 Å². The van der Waals surface area contributed by atoms with E-state index >= 15 is 0 Å². The van der Waals surface area contributed by atoms with Gasteiger partial charge in [0.2, 0.25) is 0 Å². The maximum atomic E-state index is 13.2. The molecule has 0 radical (unpaired) electrons. The van der Waals surface area contributed by atoms with E-state index in [1.165, 1.54) is 0 Å². The molecule has 1 aliphatic rings. The number of hydrogen-bond donors (Lipinski definition) is 2. The van der Waals surface area contributed by atoms with Crippen LogP contribution in [0, 0.1) is 11.2 Å². The van der Waals surface area contributed by atoms with Crippen molar-refractivity contribution < 1.29 is 14.2 Å². The maximum absolute atomic E-state index is 13.2. The van der Waals surface area contributed by atoms with Crippen LogP contribution in [0.2, 0.25) is 0 Å². The average molecular weight is 243 g/mol. The molecule has 1 aromatic rings. The lowest BCUT2D eigenvalue weighted by molar-refractivity contribution is 0.0409. The molecule has 0 aliphatic carbocycles. The molecule has 1 aliphatic heterocycles. The van der Waals surface area contributed by atoms with Crippen molar-refractivity contribution in [3.8, 4) is 0 Å². The minimum atomic E-state index is -0.759. The topological polar surface area (TPSA) is 90.4 Å². The van der Waals surface area contributed by atoms with E-state index in [4.69, 9.17) is 10.5 Å². The van der Waals surface area contributed by atoms with Crippen molar-refractivity contribution in [2.45, 2.75) is 19.6 Å². The Morgan fingerprint density at radius 1 is 1.82 bits per heavy atom. The number of ether oxygens (including phenoxy) is 1. The van der Waals surface area contributed by atoms with Crippen LogP contribution in [-0.4, -0.2) is 27.9 Å². The van der Waals surface area contributed by atoms with Crippen LogP contribution in [0.1, 0.15) is 19.6 Å². The van der Waals surface area contributed by atoms with E-state index in [1.807, 2.05) is 6.92 Å². The second-order valence-electron chi connectivity index (χ2n) is 4.60. The Morgan fingerprint density at radius 3 is 3.12 bits per heavy atom. The quantitative estimate of drug-likeness (QED) is 0.755. The Hall–Kier alpha value is -1.47. The van der Waals surface area contributed by atoms with E-state index in [2.05, 4.69) is 4.98 Å². The fourth-order valence-electron chi connectivity index (χ4n) is 1.79. The number of nitrogens with zero attached hydrogens (tertiary/aromatic N) is 2. The molecular formula is C10H14FN3O3. The zero-order chi connectivity index (χ0) is 12.6. The van der Waals surface area contributed by atoms with Crippen LogP contribution in [0.4, 0.5) is 10.2 Å². The predicted octanol–water partition coefficient (Wildman–Crippen LogP) is -0.118. The van der Waals surface area contributed by atoms with Gasteiger partial charge in [0.1, 0.15) is 6.23 Å². The molecule has 6 nitrogen and oxygen atoms in total. The van der Waals surface area contributed by atoms with Crippen LogP contribution in [-0.2, 0) is 4.74 Å². The summed E-state index contributed by atoms with van der Waals surface area (Å²) in [5.74, 6) is -1.18. The number of rotatable bonds is 2. The van der Waals surface area contributed by atoms with Gasteiger partial charge in [-0.1, -0.05) is 6.92 Å². The van der Waals surface area contributed by atoms with Crippen molar-refractivity contribution in [1.29, 1.82) is 0 Å². The van der Waals surface area contributed by atoms with E-state index in [9.17, 15) is 14.3 Å². The highest BCUT2D eigenvalue weighted by molar-refractivity contribution is 5.26. The molecule has 0 saturated carbocycles. The number of anilines is 1. The normalized spacial score (nSPS) is 28.5. The number of aromatic nitrogens is 2. The Morgan fingerprint density at radius 2 is 2.53 bits per heavy atom. The maximum Gasteiger partial charge on any atom is 0.351 e. The van der Waals surface area contributed by atoms with Crippen LogP contribution in [0.15, 0.2) is 11.0 Å². The fourth-order valence-corrected chi connectivity index (χ4v) is 1.79. The number of aliphatic hydroxyl groups is 1. The van der Waals surface area contributed by atoms with E-state index < -0.39 is 29.0 Å². The zero-order valence-electron chi connectivity index (χ0n) is 9.39. The second kappa shape index (κ2) is 4.08. The summed E-state index contributed by atoms with van der Waals surface area (Å²) >= 11 is 0. The summed E-state index contributed by atoms with van der Waals surface area (Å²) in [5.41, 5.74) is 4.12. The molecule has 0 spiro atoms.